The Morgan fingerprint density at radius 3 is 2.14 bits per heavy atom. The SMILES string of the molecule is CC.CCC=N.CCCOCC(C)(C)C(=O)NCCO.[Y]. The van der Waals surface area contributed by atoms with Crippen LogP contribution in [-0.2, 0) is 42.2 Å². The summed E-state index contributed by atoms with van der Waals surface area (Å²) in [7, 11) is 0. The summed E-state index contributed by atoms with van der Waals surface area (Å²) in [5.74, 6) is -0.0809. The van der Waals surface area contributed by atoms with E-state index in [1.807, 2.05) is 41.5 Å². The van der Waals surface area contributed by atoms with Crippen LogP contribution in [0.3, 0.4) is 0 Å². The quantitative estimate of drug-likeness (QED) is 0.448. The molecular weight excluding hydrogens is 345 g/mol. The fourth-order valence-corrected chi connectivity index (χ4v) is 0.946. The molecule has 0 spiro atoms. The van der Waals surface area contributed by atoms with Crippen molar-refractivity contribution in [2.45, 2.75) is 54.4 Å². The summed E-state index contributed by atoms with van der Waals surface area (Å²) in [4.78, 5) is 11.5. The van der Waals surface area contributed by atoms with Crippen molar-refractivity contribution >= 4 is 12.1 Å². The zero-order chi connectivity index (χ0) is 16.4. The van der Waals surface area contributed by atoms with E-state index in [2.05, 4.69) is 5.32 Å². The smallest absolute Gasteiger partial charge is 0.228 e. The molecule has 0 aromatic rings. The van der Waals surface area contributed by atoms with Crippen LogP contribution in [0.4, 0.5) is 0 Å². The second-order valence-corrected chi connectivity index (χ2v) is 4.53. The summed E-state index contributed by atoms with van der Waals surface area (Å²) in [5, 5.41) is 17.5. The third-order valence-corrected chi connectivity index (χ3v) is 2.03. The second kappa shape index (κ2) is 22.4. The molecule has 0 fully saturated rings. The largest absolute Gasteiger partial charge is 0.395 e. The first-order valence-electron chi connectivity index (χ1n) is 7.42. The molecule has 0 aliphatic carbocycles. The fraction of sp³-hybridized carbons (Fsp3) is 0.867. The maximum Gasteiger partial charge on any atom is 0.228 e. The van der Waals surface area contributed by atoms with Gasteiger partial charge in [0.25, 0.3) is 0 Å². The van der Waals surface area contributed by atoms with E-state index in [1.54, 1.807) is 0 Å². The van der Waals surface area contributed by atoms with Crippen molar-refractivity contribution in [1.29, 1.82) is 5.41 Å². The number of carbonyl (C=O) groups excluding carboxylic acids is 1. The van der Waals surface area contributed by atoms with Crippen molar-refractivity contribution < 1.29 is 47.3 Å². The van der Waals surface area contributed by atoms with Gasteiger partial charge in [0, 0.05) is 45.9 Å². The second-order valence-electron chi connectivity index (χ2n) is 4.53. The van der Waals surface area contributed by atoms with Gasteiger partial charge in [-0.2, -0.15) is 0 Å². The summed E-state index contributed by atoms with van der Waals surface area (Å²) in [6, 6.07) is 0. The first-order valence-corrected chi connectivity index (χ1v) is 7.42. The third kappa shape index (κ3) is 22.6. The fourth-order valence-electron chi connectivity index (χ4n) is 0.946. The zero-order valence-electron chi connectivity index (χ0n) is 14.7. The molecule has 0 rings (SSSR count). The van der Waals surface area contributed by atoms with Gasteiger partial charge >= 0.3 is 0 Å². The van der Waals surface area contributed by atoms with Gasteiger partial charge in [0.15, 0.2) is 0 Å². The van der Waals surface area contributed by atoms with E-state index in [-0.39, 0.29) is 45.2 Å². The van der Waals surface area contributed by atoms with Crippen LogP contribution in [0.15, 0.2) is 0 Å². The Labute approximate surface area is 156 Å². The Kier molecular flexibility index (Phi) is 31.2. The van der Waals surface area contributed by atoms with Crippen LogP contribution in [0.5, 0.6) is 0 Å². The van der Waals surface area contributed by atoms with Gasteiger partial charge in [0.2, 0.25) is 5.91 Å². The molecule has 0 aliphatic heterocycles. The summed E-state index contributed by atoms with van der Waals surface area (Å²) in [5.41, 5.74) is -0.523. The standard InChI is InChI=1S/C10H21NO3.C3H7N.C2H6.Y/c1-4-7-14-8-10(2,3)9(13)11-5-6-12;1-2-3-4;1-2;/h12H,4-8H2,1-3H3,(H,11,13);3-4H,2H2,1H3;1-2H3;. The number of nitrogens with one attached hydrogen (secondary N) is 2. The van der Waals surface area contributed by atoms with Gasteiger partial charge in [-0.15, -0.1) is 0 Å². The van der Waals surface area contributed by atoms with Crippen molar-refractivity contribution in [3.63, 3.8) is 0 Å². The Balaban J connectivity index is -0.000000177. The van der Waals surface area contributed by atoms with E-state index in [4.69, 9.17) is 15.3 Å². The summed E-state index contributed by atoms with van der Waals surface area (Å²) in [6.45, 7) is 13.0. The van der Waals surface area contributed by atoms with Crippen molar-refractivity contribution in [3.05, 3.63) is 0 Å². The van der Waals surface area contributed by atoms with Gasteiger partial charge in [-0.05, 0) is 32.9 Å². The topological polar surface area (TPSA) is 82.4 Å². The molecule has 1 amide bonds. The molecule has 0 aromatic heterocycles. The maximum atomic E-state index is 11.5. The van der Waals surface area contributed by atoms with Gasteiger partial charge < -0.3 is 20.6 Å². The number of amides is 1. The Morgan fingerprint density at radius 1 is 1.33 bits per heavy atom. The monoisotopic (exact) mass is 379 g/mol. The summed E-state index contributed by atoms with van der Waals surface area (Å²) >= 11 is 0. The van der Waals surface area contributed by atoms with Gasteiger partial charge in [0.05, 0.1) is 18.6 Å². The molecule has 125 valence electrons. The van der Waals surface area contributed by atoms with Crippen LogP contribution in [0, 0.1) is 10.8 Å². The van der Waals surface area contributed by atoms with E-state index >= 15 is 0 Å². The van der Waals surface area contributed by atoms with Crippen LogP contribution >= 0.6 is 0 Å². The Morgan fingerprint density at radius 2 is 1.81 bits per heavy atom. The Bertz CT molecular complexity index is 225. The molecule has 0 aromatic carbocycles. The predicted octanol–water partition coefficient (Wildman–Crippen LogP) is 2.62. The maximum absolute atomic E-state index is 11.5. The average molecular weight is 379 g/mol. The summed E-state index contributed by atoms with van der Waals surface area (Å²) in [6.07, 6.45) is 3.19. The van der Waals surface area contributed by atoms with E-state index in [1.165, 1.54) is 6.21 Å². The van der Waals surface area contributed by atoms with Crippen LogP contribution in [0.1, 0.15) is 54.4 Å². The number of hydrogen-bond donors (Lipinski definition) is 3. The summed E-state index contributed by atoms with van der Waals surface area (Å²) < 4.78 is 5.33. The molecule has 0 saturated carbocycles. The number of aliphatic hydroxyl groups is 1. The van der Waals surface area contributed by atoms with Crippen LogP contribution in [0.2, 0.25) is 0 Å². The van der Waals surface area contributed by atoms with E-state index in [9.17, 15) is 4.79 Å². The van der Waals surface area contributed by atoms with Crippen LogP contribution < -0.4 is 5.32 Å². The molecular formula is C15H34N2O3Y. The van der Waals surface area contributed by atoms with Gasteiger partial charge in [0.1, 0.15) is 0 Å². The molecule has 1 radical (unpaired) electrons. The van der Waals surface area contributed by atoms with Crippen LogP contribution in [0.25, 0.3) is 0 Å². The molecule has 6 heteroatoms. The number of carbonyl (C=O) groups is 1. The number of aliphatic hydroxyl groups excluding tert-OH is 1. The van der Waals surface area contributed by atoms with Crippen molar-refractivity contribution in [3.8, 4) is 0 Å². The third-order valence-electron chi connectivity index (χ3n) is 2.03. The van der Waals surface area contributed by atoms with E-state index in [0.717, 1.165) is 12.8 Å². The molecule has 5 nitrogen and oxygen atoms in total. The zero-order valence-corrected chi connectivity index (χ0v) is 17.5. The minimum atomic E-state index is -0.523. The van der Waals surface area contributed by atoms with Crippen LogP contribution in [-0.4, -0.2) is 43.6 Å². The van der Waals surface area contributed by atoms with Gasteiger partial charge in [-0.25, -0.2) is 0 Å². The molecule has 0 heterocycles. The number of hydrogen-bond acceptors (Lipinski definition) is 4. The van der Waals surface area contributed by atoms with Crippen molar-refractivity contribution in [2.75, 3.05) is 26.4 Å². The molecule has 3 N–H and O–H groups in total. The Hall–Kier alpha value is 0.164. The molecule has 0 aliphatic rings. The predicted molar refractivity (Wildman–Crippen MR) is 85.4 cm³/mol. The van der Waals surface area contributed by atoms with E-state index in [0.29, 0.717) is 19.8 Å². The number of ether oxygens (including phenoxy) is 1. The number of rotatable bonds is 8. The molecule has 0 saturated heterocycles. The molecule has 21 heavy (non-hydrogen) atoms. The van der Waals surface area contributed by atoms with Gasteiger partial charge in [-0.3, -0.25) is 4.79 Å². The van der Waals surface area contributed by atoms with Crippen molar-refractivity contribution in [2.24, 2.45) is 5.41 Å². The van der Waals surface area contributed by atoms with E-state index < -0.39 is 5.41 Å². The molecule has 0 unspecified atom stereocenters. The first-order chi connectivity index (χ1) is 9.46. The molecule has 0 atom stereocenters. The minimum Gasteiger partial charge on any atom is -0.395 e. The normalized spacial score (nSPS) is 9.10. The first kappa shape index (κ1) is 29.2. The van der Waals surface area contributed by atoms with Crippen molar-refractivity contribution in [1.82, 2.24) is 5.32 Å². The average Bonchev–Trinajstić information content (AvgIpc) is 2.47. The van der Waals surface area contributed by atoms with Gasteiger partial charge in [-0.1, -0.05) is 27.7 Å². The molecule has 0 bridgehead atoms. The minimum absolute atomic E-state index is 0.